The molecule has 3 nitrogen and oxygen atoms in total. The maximum absolute atomic E-state index is 11.9. The van der Waals surface area contributed by atoms with Gasteiger partial charge in [0, 0.05) is 18.1 Å². The summed E-state index contributed by atoms with van der Waals surface area (Å²) in [6.07, 6.45) is 2.63. The second-order valence-electron chi connectivity index (χ2n) is 4.95. The van der Waals surface area contributed by atoms with E-state index in [9.17, 15) is 4.79 Å². The van der Waals surface area contributed by atoms with Crippen LogP contribution >= 0.6 is 28.3 Å². The van der Waals surface area contributed by atoms with E-state index >= 15 is 0 Å². The zero-order valence-electron chi connectivity index (χ0n) is 11.1. The van der Waals surface area contributed by atoms with Gasteiger partial charge in [-0.15, -0.1) is 12.4 Å². The summed E-state index contributed by atoms with van der Waals surface area (Å²) in [6.45, 7) is 2.10. The van der Waals surface area contributed by atoms with Crippen LogP contribution < -0.4 is 5.32 Å². The van der Waals surface area contributed by atoms with Gasteiger partial charge >= 0.3 is 0 Å². The number of hydrogen-bond acceptors (Lipinski definition) is 2. The van der Waals surface area contributed by atoms with Crippen LogP contribution in [0.4, 0.5) is 0 Å². The molecule has 1 aromatic carbocycles. The van der Waals surface area contributed by atoms with Crippen LogP contribution in [0, 0.1) is 5.92 Å². The molecule has 1 fully saturated rings. The van der Waals surface area contributed by atoms with Crippen molar-refractivity contribution in [2.24, 2.45) is 5.92 Å². The SMILES string of the molecule is CN(Cc1ccc(Br)cc1)C(=O)CNCC1CC1.Cl. The van der Waals surface area contributed by atoms with Crippen molar-refractivity contribution in [1.29, 1.82) is 0 Å². The van der Waals surface area contributed by atoms with E-state index in [1.165, 1.54) is 12.8 Å². The lowest BCUT2D eigenvalue weighted by Gasteiger charge is -2.17. The lowest BCUT2D eigenvalue weighted by molar-refractivity contribution is -0.129. The number of likely N-dealkylation sites (N-methyl/N-ethyl adjacent to an activating group) is 1. The van der Waals surface area contributed by atoms with Gasteiger partial charge in [-0.2, -0.15) is 0 Å². The number of carbonyl (C=O) groups excluding carboxylic acids is 1. The Bertz CT molecular complexity index is 406. The molecule has 0 radical (unpaired) electrons. The molecular formula is C14H20BrClN2O. The number of amides is 1. The molecule has 106 valence electrons. The fraction of sp³-hybridized carbons (Fsp3) is 0.500. The fourth-order valence-electron chi connectivity index (χ4n) is 1.79. The first-order valence-corrected chi connectivity index (χ1v) is 7.13. The predicted molar refractivity (Wildman–Crippen MR) is 83.5 cm³/mol. The van der Waals surface area contributed by atoms with E-state index in [0.29, 0.717) is 13.1 Å². The molecule has 0 atom stereocenters. The number of halogens is 2. The van der Waals surface area contributed by atoms with E-state index in [0.717, 1.165) is 22.5 Å². The third-order valence-corrected chi connectivity index (χ3v) is 3.69. The molecule has 0 unspecified atom stereocenters. The lowest BCUT2D eigenvalue weighted by atomic mass is 10.2. The Labute approximate surface area is 129 Å². The Hall–Kier alpha value is -0.580. The van der Waals surface area contributed by atoms with Gasteiger partial charge in [-0.25, -0.2) is 0 Å². The van der Waals surface area contributed by atoms with Crippen molar-refractivity contribution in [1.82, 2.24) is 10.2 Å². The van der Waals surface area contributed by atoms with Gasteiger partial charge < -0.3 is 10.2 Å². The minimum absolute atomic E-state index is 0. The highest BCUT2D eigenvalue weighted by Gasteiger charge is 2.20. The Morgan fingerprint density at radius 3 is 2.58 bits per heavy atom. The molecule has 1 aliphatic carbocycles. The third-order valence-electron chi connectivity index (χ3n) is 3.16. The zero-order valence-corrected chi connectivity index (χ0v) is 13.5. The summed E-state index contributed by atoms with van der Waals surface area (Å²) in [4.78, 5) is 13.6. The first-order chi connectivity index (χ1) is 8.65. The molecule has 1 aliphatic rings. The van der Waals surface area contributed by atoms with Crippen LogP contribution in [0.5, 0.6) is 0 Å². The molecule has 1 amide bonds. The summed E-state index contributed by atoms with van der Waals surface area (Å²) in [7, 11) is 1.85. The van der Waals surface area contributed by atoms with Crippen molar-refractivity contribution in [3.63, 3.8) is 0 Å². The Kier molecular flexibility index (Phi) is 6.83. The zero-order chi connectivity index (χ0) is 13.0. The molecule has 0 saturated heterocycles. The standard InChI is InChI=1S/C14H19BrN2O.ClH/c1-17(10-12-4-6-13(15)7-5-12)14(18)9-16-8-11-2-3-11;/h4-7,11,16H,2-3,8-10H2,1H3;1H. The van der Waals surface area contributed by atoms with Crippen molar-refractivity contribution in [2.45, 2.75) is 19.4 Å². The topological polar surface area (TPSA) is 32.3 Å². The maximum Gasteiger partial charge on any atom is 0.236 e. The Morgan fingerprint density at radius 2 is 2.00 bits per heavy atom. The van der Waals surface area contributed by atoms with E-state index < -0.39 is 0 Å². The lowest BCUT2D eigenvalue weighted by Crippen LogP contribution is -2.35. The second-order valence-corrected chi connectivity index (χ2v) is 5.87. The molecule has 1 aromatic rings. The van der Waals surface area contributed by atoms with Crippen molar-refractivity contribution in [2.75, 3.05) is 20.1 Å². The average molecular weight is 348 g/mol. The van der Waals surface area contributed by atoms with Crippen LogP contribution in [0.3, 0.4) is 0 Å². The van der Waals surface area contributed by atoms with Gasteiger partial charge in [-0.1, -0.05) is 28.1 Å². The van der Waals surface area contributed by atoms with Gasteiger partial charge in [0.25, 0.3) is 0 Å². The van der Waals surface area contributed by atoms with Crippen LogP contribution in [0.1, 0.15) is 18.4 Å². The maximum atomic E-state index is 11.9. The van der Waals surface area contributed by atoms with Crippen LogP contribution in [0.25, 0.3) is 0 Å². The molecule has 0 spiro atoms. The van der Waals surface area contributed by atoms with Gasteiger partial charge in [0.05, 0.1) is 6.54 Å². The van der Waals surface area contributed by atoms with Gasteiger partial charge in [0.2, 0.25) is 5.91 Å². The summed E-state index contributed by atoms with van der Waals surface area (Å²) >= 11 is 3.40. The average Bonchev–Trinajstić information content (AvgIpc) is 3.16. The predicted octanol–water partition coefficient (Wildman–Crippen LogP) is 2.83. The number of rotatable bonds is 6. The summed E-state index contributed by atoms with van der Waals surface area (Å²) < 4.78 is 1.06. The summed E-state index contributed by atoms with van der Waals surface area (Å²) in [5, 5.41) is 3.22. The van der Waals surface area contributed by atoms with E-state index in [1.54, 1.807) is 4.90 Å². The molecule has 2 rings (SSSR count). The third kappa shape index (κ3) is 5.93. The van der Waals surface area contributed by atoms with E-state index in [1.807, 2.05) is 31.3 Å². The first-order valence-electron chi connectivity index (χ1n) is 6.34. The normalized spacial score (nSPS) is 13.8. The minimum atomic E-state index is 0. The molecule has 0 aliphatic heterocycles. The number of nitrogens with one attached hydrogen (secondary N) is 1. The monoisotopic (exact) mass is 346 g/mol. The smallest absolute Gasteiger partial charge is 0.236 e. The highest BCUT2D eigenvalue weighted by Crippen LogP contribution is 2.27. The largest absolute Gasteiger partial charge is 0.340 e. The quantitative estimate of drug-likeness (QED) is 0.858. The molecule has 0 heterocycles. The van der Waals surface area contributed by atoms with Gasteiger partial charge in [0.15, 0.2) is 0 Å². The number of benzene rings is 1. The van der Waals surface area contributed by atoms with Crippen LogP contribution in [0.2, 0.25) is 0 Å². The van der Waals surface area contributed by atoms with Gasteiger partial charge in [0.1, 0.15) is 0 Å². The van der Waals surface area contributed by atoms with Crippen molar-refractivity contribution in [3.05, 3.63) is 34.3 Å². The Balaban J connectivity index is 0.00000180. The highest BCUT2D eigenvalue weighted by atomic mass is 79.9. The fourth-order valence-corrected chi connectivity index (χ4v) is 2.06. The molecule has 1 saturated carbocycles. The molecule has 0 aromatic heterocycles. The number of carbonyl (C=O) groups is 1. The summed E-state index contributed by atoms with van der Waals surface area (Å²) in [6, 6.07) is 8.06. The van der Waals surface area contributed by atoms with E-state index in [-0.39, 0.29) is 18.3 Å². The first kappa shape index (κ1) is 16.5. The van der Waals surface area contributed by atoms with E-state index in [2.05, 4.69) is 21.2 Å². The summed E-state index contributed by atoms with van der Waals surface area (Å²) in [5.74, 6) is 0.966. The van der Waals surface area contributed by atoms with Crippen molar-refractivity contribution < 1.29 is 4.79 Å². The minimum Gasteiger partial charge on any atom is -0.340 e. The van der Waals surface area contributed by atoms with Gasteiger partial charge in [-0.3, -0.25) is 4.79 Å². The highest BCUT2D eigenvalue weighted by molar-refractivity contribution is 9.10. The molecular weight excluding hydrogens is 328 g/mol. The molecule has 1 N–H and O–H groups in total. The van der Waals surface area contributed by atoms with Crippen LogP contribution in [0.15, 0.2) is 28.7 Å². The molecule has 0 bridgehead atoms. The second kappa shape index (κ2) is 7.88. The van der Waals surface area contributed by atoms with Crippen molar-refractivity contribution in [3.8, 4) is 0 Å². The van der Waals surface area contributed by atoms with Crippen LogP contribution in [-0.4, -0.2) is 30.9 Å². The van der Waals surface area contributed by atoms with Crippen molar-refractivity contribution >= 4 is 34.2 Å². The number of nitrogens with zero attached hydrogens (tertiary/aromatic N) is 1. The summed E-state index contributed by atoms with van der Waals surface area (Å²) in [5.41, 5.74) is 1.15. The molecule has 19 heavy (non-hydrogen) atoms. The molecule has 5 heteroatoms. The van der Waals surface area contributed by atoms with E-state index in [4.69, 9.17) is 0 Å². The van der Waals surface area contributed by atoms with Crippen LogP contribution in [-0.2, 0) is 11.3 Å². The Morgan fingerprint density at radius 1 is 1.37 bits per heavy atom. The van der Waals surface area contributed by atoms with Gasteiger partial charge in [-0.05, 0) is 43.0 Å². The number of hydrogen-bond donors (Lipinski definition) is 1.